The summed E-state index contributed by atoms with van der Waals surface area (Å²) >= 11 is 0. The molecule has 3 heteroatoms. The predicted octanol–water partition coefficient (Wildman–Crippen LogP) is 0.746. The molecule has 0 amide bonds. The van der Waals surface area contributed by atoms with Crippen molar-refractivity contribution in [3.8, 4) is 0 Å². The zero-order valence-corrected chi connectivity index (χ0v) is 6.99. The Morgan fingerprint density at radius 1 is 1.50 bits per heavy atom. The van der Waals surface area contributed by atoms with Gasteiger partial charge >= 0.3 is 0 Å². The van der Waals surface area contributed by atoms with Gasteiger partial charge < -0.3 is 9.36 Å². The quantitative estimate of drug-likeness (QED) is 0.620. The average molecular weight is 165 g/mol. The molecule has 0 spiro atoms. The molecule has 1 rings (SSSR count). The summed E-state index contributed by atoms with van der Waals surface area (Å²) in [5.74, 6) is 0. The van der Waals surface area contributed by atoms with E-state index in [0.717, 1.165) is 12.0 Å². The van der Waals surface area contributed by atoms with E-state index >= 15 is 0 Å². The molecular formula is C9H11NO2. The van der Waals surface area contributed by atoms with E-state index in [1.807, 2.05) is 13.0 Å². The van der Waals surface area contributed by atoms with E-state index in [-0.39, 0.29) is 5.56 Å². The lowest BCUT2D eigenvalue weighted by Gasteiger charge is -2.05. The summed E-state index contributed by atoms with van der Waals surface area (Å²) in [7, 11) is 0. The summed E-state index contributed by atoms with van der Waals surface area (Å²) < 4.78 is 1.59. The van der Waals surface area contributed by atoms with Gasteiger partial charge in [-0.15, -0.1) is 0 Å². The first-order valence-corrected chi connectivity index (χ1v) is 3.86. The van der Waals surface area contributed by atoms with E-state index in [1.54, 1.807) is 10.6 Å². The number of hydrogen-bond acceptors (Lipinski definition) is 2. The maximum Gasteiger partial charge on any atom is 0.250 e. The van der Waals surface area contributed by atoms with E-state index in [2.05, 4.69) is 0 Å². The van der Waals surface area contributed by atoms with E-state index < -0.39 is 0 Å². The number of hydrogen-bond donors (Lipinski definition) is 0. The van der Waals surface area contributed by atoms with Gasteiger partial charge in [0.1, 0.15) is 6.29 Å². The second kappa shape index (κ2) is 3.85. The Kier molecular flexibility index (Phi) is 2.80. The van der Waals surface area contributed by atoms with E-state index in [9.17, 15) is 9.59 Å². The van der Waals surface area contributed by atoms with Gasteiger partial charge in [0.15, 0.2) is 0 Å². The van der Waals surface area contributed by atoms with Gasteiger partial charge in [-0.1, -0.05) is 6.07 Å². The fourth-order valence-corrected chi connectivity index (χ4v) is 1.09. The molecule has 1 aromatic heterocycles. The van der Waals surface area contributed by atoms with Gasteiger partial charge in [0.05, 0.1) is 0 Å². The van der Waals surface area contributed by atoms with Crippen molar-refractivity contribution in [2.24, 2.45) is 0 Å². The summed E-state index contributed by atoms with van der Waals surface area (Å²) in [6, 6.07) is 5.07. The first-order chi connectivity index (χ1) is 5.75. The first-order valence-electron chi connectivity index (χ1n) is 3.86. The van der Waals surface area contributed by atoms with Crippen molar-refractivity contribution in [3.63, 3.8) is 0 Å². The molecule has 0 radical (unpaired) electrons. The summed E-state index contributed by atoms with van der Waals surface area (Å²) in [5.41, 5.74) is 0.848. The van der Waals surface area contributed by atoms with Crippen molar-refractivity contribution >= 4 is 6.29 Å². The Balaban J connectivity index is 2.96. The zero-order valence-electron chi connectivity index (χ0n) is 6.99. The molecule has 0 fully saturated rings. The van der Waals surface area contributed by atoms with Gasteiger partial charge in [-0.05, 0) is 13.0 Å². The molecule has 3 nitrogen and oxygen atoms in total. The van der Waals surface area contributed by atoms with Gasteiger partial charge in [0, 0.05) is 24.7 Å². The molecule has 0 aliphatic heterocycles. The van der Waals surface area contributed by atoms with Crippen molar-refractivity contribution in [1.29, 1.82) is 0 Å². The van der Waals surface area contributed by atoms with Crippen LogP contribution in [0.15, 0.2) is 23.0 Å². The van der Waals surface area contributed by atoms with Crippen LogP contribution in [0, 0.1) is 6.92 Å². The van der Waals surface area contributed by atoms with Crippen LogP contribution in [0.3, 0.4) is 0 Å². The average Bonchev–Trinajstić information content (AvgIpc) is 2.04. The minimum Gasteiger partial charge on any atom is -0.313 e. The second-order valence-corrected chi connectivity index (χ2v) is 2.61. The van der Waals surface area contributed by atoms with Crippen LogP contribution >= 0.6 is 0 Å². The Hall–Kier alpha value is -1.38. The molecule has 0 saturated carbocycles. The molecule has 64 valence electrons. The highest BCUT2D eigenvalue weighted by molar-refractivity contribution is 5.49. The van der Waals surface area contributed by atoms with Crippen molar-refractivity contribution in [1.82, 2.24) is 4.57 Å². The highest BCUT2D eigenvalue weighted by Crippen LogP contribution is 1.93. The van der Waals surface area contributed by atoms with Crippen LogP contribution < -0.4 is 5.56 Å². The lowest BCUT2D eigenvalue weighted by Crippen LogP contribution is -2.20. The fourth-order valence-electron chi connectivity index (χ4n) is 1.09. The fraction of sp³-hybridized carbons (Fsp3) is 0.333. The standard InChI is InChI=1S/C9H11NO2/c1-8-4-2-5-9(12)10(8)6-3-7-11/h2,4-5,7H,3,6H2,1H3. The number of aldehydes is 1. The Morgan fingerprint density at radius 2 is 2.25 bits per heavy atom. The Labute approximate surface area is 70.6 Å². The third-order valence-corrected chi connectivity index (χ3v) is 1.74. The molecule has 0 saturated heterocycles. The smallest absolute Gasteiger partial charge is 0.250 e. The molecule has 0 N–H and O–H groups in total. The second-order valence-electron chi connectivity index (χ2n) is 2.61. The third-order valence-electron chi connectivity index (χ3n) is 1.74. The SMILES string of the molecule is Cc1cccc(=O)n1CCC=O. The van der Waals surface area contributed by atoms with Crippen LogP contribution in [-0.2, 0) is 11.3 Å². The highest BCUT2D eigenvalue weighted by atomic mass is 16.1. The van der Waals surface area contributed by atoms with Gasteiger partial charge in [-0.2, -0.15) is 0 Å². The number of nitrogens with zero attached hydrogens (tertiary/aromatic N) is 1. The summed E-state index contributed by atoms with van der Waals surface area (Å²) in [6.45, 7) is 2.33. The maximum atomic E-state index is 11.2. The highest BCUT2D eigenvalue weighted by Gasteiger charge is 1.96. The predicted molar refractivity (Wildman–Crippen MR) is 46.1 cm³/mol. The minimum absolute atomic E-state index is 0.0446. The molecule has 0 atom stereocenters. The Morgan fingerprint density at radius 3 is 2.83 bits per heavy atom. The molecule has 0 aromatic carbocycles. The molecule has 1 aromatic rings. The number of carbonyl (C=O) groups is 1. The molecular weight excluding hydrogens is 154 g/mol. The largest absolute Gasteiger partial charge is 0.313 e. The number of aryl methyl sites for hydroxylation is 1. The number of rotatable bonds is 3. The monoisotopic (exact) mass is 165 g/mol. The van der Waals surface area contributed by atoms with Crippen molar-refractivity contribution in [3.05, 3.63) is 34.2 Å². The number of aromatic nitrogens is 1. The molecule has 0 unspecified atom stereocenters. The van der Waals surface area contributed by atoms with Crippen LogP contribution in [0.4, 0.5) is 0 Å². The number of pyridine rings is 1. The number of carbonyl (C=O) groups excluding carboxylic acids is 1. The van der Waals surface area contributed by atoms with Crippen molar-refractivity contribution in [2.75, 3.05) is 0 Å². The van der Waals surface area contributed by atoms with E-state index in [0.29, 0.717) is 13.0 Å². The third kappa shape index (κ3) is 1.81. The van der Waals surface area contributed by atoms with Crippen LogP contribution in [0.2, 0.25) is 0 Å². The van der Waals surface area contributed by atoms with Gasteiger partial charge in [0.25, 0.3) is 5.56 Å². The van der Waals surface area contributed by atoms with Crippen LogP contribution in [0.1, 0.15) is 12.1 Å². The lowest BCUT2D eigenvalue weighted by molar-refractivity contribution is -0.108. The van der Waals surface area contributed by atoms with Gasteiger partial charge in [-0.3, -0.25) is 4.79 Å². The van der Waals surface area contributed by atoms with Crippen molar-refractivity contribution in [2.45, 2.75) is 19.9 Å². The summed E-state index contributed by atoms with van der Waals surface area (Å²) in [6.07, 6.45) is 1.21. The van der Waals surface area contributed by atoms with Gasteiger partial charge in [-0.25, -0.2) is 0 Å². The summed E-state index contributed by atoms with van der Waals surface area (Å²) in [5, 5.41) is 0. The molecule has 1 heterocycles. The van der Waals surface area contributed by atoms with Crippen LogP contribution in [0.5, 0.6) is 0 Å². The van der Waals surface area contributed by atoms with E-state index in [4.69, 9.17) is 0 Å². The topological polar surface area (TPSA) is 39.1 Å². The first kappa shape index (κ1) is 8.71. The zero-order chi connectivity index (χ0) is 8.97. The van der Waals surface area contributed by atoms with Crippen molar-refractivity contribution < 1.29 is 4.79 Å². The summed E-state index contributed by atoms with van der Waals surface area (Å²) in [4.78, 5) is 21.3. The van der Waals surface area contributed by atoms with Crippen LogP contribution in [-0.4, -0.2) is 10.9 Å². The normalized spacial score (nSPS) is 9.75. The lowest BCUT2D eigenvalue weighted by atomic mass is 10.3. The Bertz CT molecular complexity index is 328. The molecule has 12 heavy (non-hydrogen) atoms. The minimum atomic E-state index is -0.0446. The molecule has 0 aliphatic rings. The molecule has 0 aliphatic carbocycles. The maximum absolute atomic E-state index is 11.2. The van der Waals surface area contributed by atoms with E-state index in [1.165, 1.54) is 6.07 Å². The van der Waals surface area contributed by atoms with Crippen LogP contribution in [0.25, 0.3) is 0 Å². The van der Waals surface area contributed by atoms with Gasteiger partial charge in [0.2, 0.25) is 0 Å². The molecule has 0 bridgehead atoms.